The number of carbonyl (C=O) groups excluding carboxylic acids is 1. The second kappa shape index (κ2) is 52.8. The number of quaternary nitrogens is 1. The Morgan fingerprint density at radius 1 is 0.486 bits per heavy atom. The number of hydrogen-bond acceptors (Lipinski definition) is 5. The molecule has 3 atom stereocenters. The zero-order valence-corrected chi connectivity index (χ0v) is 48.4. The fraction of sp³-hybridized carbons (Fsp3) is 0.918. The normalized spacial score (nSPS) is 14.0. The number of allylic oxidation sites excluding steroid dienone is 4. The third kappa shape index (κ3) is 54.7. The highest BCUT2D eigenvalue weighted by molar-refractivity contribution is 7.47. The first kappa shape index (κ1) is 69.0. The van der Waals surface area contributed by atoms with E-state index in [4.69, 9.17) is 9.05 Å². The number of rotatable bonds is 57. The molecule has 70 heavy (non-hydrogen) atoms. The molecule has 0 aromatic carbocycles. The summed E-state index contributed by atoms with van der Waals surface area (Å²) in [5, 5.41) is 14.0. The standard InChI is InChI=1S/C61H121N2O6P/c1-6-8-10-12-14-16-18-20-21-22-23-24-25-26-27-28-29-30-31-32-33-34-35-36-37-38-39-40-41-43-45-47-49-51-53-55-61(65)62-59(58-69-70(66,67)68-57-56-63(3,4)5)60(64)54-52-50-48-46-44-42-19-17-15-13-11-9-7-2/h18,20,22-23,59-60,64H,6-17,19,21,24-58H2,1-5H3,(H-,62,65,66,67)/p+1/b20-18-,23-22-. The number of phosphoric acid groups is 1. The summed E-state index contributed by atoms with van der Waals surface area (Å²) < 4.78 is 23.8. The maximum Gasteiger partial charge on any atom is 0.472 e. The summed E-state index contributed by atoms with van der Waals surface area (Å²) >= 11 is 0. The zero-order chi connectivity index (χ0) is 51.3. The van der Waals surface area contributed by atoms with Gasteiger partial charge in [0.2, 0.25) is 5.91 Å². The van der Waals surface area contributed by atoms with Gasteiger partial charge in [-0.25, -0.2) is 4.57 Å². The molecule has 0 rings (SSSR count). The van der Waals surface area contributed by atoms with Crippen molar-refractivity contribution in [2.45, 2.75) is 321 Å². The molecule has 0 bridgehead atoms. The Hall–Kier alpha value is -1.02. The molecule has 0 heterocycles. The van der Waals surface area contributed by atoms with Gasteiger partial charge < -0.3 is 19.8 Å². The number of aliphatic hydroxyl groups is 1. The Balaban J connectivity index is 3.90. The molecule has 0 aliphatic carbocycles. The van der Waals surface area contributed by atoms with Gasteiger partial charge in [0.15, 0.2) is 0 Å². The molecule has 416 valence electrons. The SMILES string of the molecule is CCCCCCC/C=C\C/C=C\CCCCCCCCCCCCCCCCCCCCCCCCCC(=O)NC(COP(=O)(O)OCC[N+](C)(C)C)C(O)CCCCCCCCCCCCCCC. The predicted octanol–water partition coefficient (Wildman–Crippen LogP) is 18.8. The number of unbranched alkanes of at least 4 members (excludes halogenated alkanes) is 40. The van der Waals surface area contributed by atoms with Crippen molar-refractivity contribution >= 4 is 13.7 Å². The number of amides is 1. The minimum atomic E-state index is -4.32. The van der Waals surface area contributed by atoms with Crippen molar-refractivity contribution in [1.29, 1.82) is 0 Å². The van der Waals surface area contributed by atoms with Crippen molar-refractivity contribution in [1.82, 2.24) is 5.32 Å². The first-order chi connectivity index (χ1) is 34.0. The molecule has 0 aromatic heterocycles. The molecule has 0 aliphatic heterocycles. The lowest BCUT2D eigenvalue weighted by Crippen LogP contribution is -2.46. The van der Waals surface area contributed by atoms with Crippen LogP contribution in [0.4, 0.5) is 0 Å². The molecule has 0 aliphatic rings. The highest BCUT2D eigenvalue weighted by Gasteiger charge is 2.28. The largest absolute Gasteiger partial charge is 0.472 e. The number of hydrogen-bond donors (Lipinski definition) is 3. The Morgan fingerprint density at radius 3 is 1.17 bits per heavy atom. The van der Waals surface area contributed by atoms with Crippen LogP contribution in [0.15, 0.2) is 24.3 Å². The highest BCUT2D eigenvalue weighted by atomic mass is 31.2. The van der Waals surface area contributed by atoms with Gasteiger partial charge in [0.05, 0.1) is 39.9 Å². The van der Waals surface area contributed by atoms with E-state index in [0.29, 0.717) is 23.9 Å². The quantitative estimate of drug-likeness (QED) is 0.0243. The van der Waals surface area contributed by atoms with E-state index < -0.39 is 20.0 Å². The van der Waals surface area contributed by atoms with Gasteiger partial charge in [0, 0.05) is 6.42 Å². The lowest BCUT2D eigenvalue weighted by molar-refractivity contribution is -0.870. The van der Waals surface area contributed by atoms with Crippen molar-refractivity contribution < 1.29 is 32.9 Å². The van der Waals surface area contributed by atoms with Gasteiger partial charge in [-0.3, -0.25) is 13.8 Å². The van der Waals surface area contributed by atoms with Crippen LogP contribution in [0, 0.1) is 0 Å². The number of likely N-dealkylation sites (N-methyl/N-ethyl adjacent to an activating group) is 1. The first-order valence-corrected chi connectivity index (χ1v) is 32.2. The molecular formula is C61H122N2O6P+. The van der Waals surface area contributed by atoms with Crippen LogP contribution < -0.4 is 5.32 Å². The lowest BCUT2D eigenvalue weighted by Gasteiger charge is -2.26. The van der Waals surface area contributed by atoms with E-state index in [2.05, 4.69) is 43.5 Å². The zero-order valence-electron chi connectivity index (χ0n) is 47.5. The van der Waals surface area contributed by atoms with Crippen molar-refractivity contribution in [3.05, 3.63) is 24.3 Å². The summed E-state index contributed by atoms with van der Waals surface area (Å²) in [4.78, 5) is 23.3. The predicted molar refractivity (Wildman–Crippen MR) is 305 cm³/mol. The molecule has 8 nitrogen and oxygen atoms in total. The van der Waals surface area contributed by atoms with E-state index in [0.717, 1.165) is 44.9 Å². The Bertz CT molecular complexity index is 1190. The van der Waals surface area contributed by atoms with Crippen LogP contribution >= 0.6 is 7.82 Å². The lowest BCUT2D eigenvalue weighted by atomic mass is 10.0. The fourth-order valence-electron chi connectivity index (χ4n) is 9.37. The smallest absolute Gasteiger partial charge is 0.391 e. The van der Waals surface area contributed by atoms with Crippen LogP contribution in [0.2, 0.25) is 0 Å². The van der Waals surface area contributed by atoms with Crippen LogP contribution in [0.3, 0.4) is 0 Å². The summed E-state index contributed by atoms with van der Waals surface area (Å²) in [6.07, 6.45) is 66.9. The first-order valence-electron chi connectivity index (χ1n) is 30.7. The molecule has 0 aromatic rings. The second-order valence-electron chi connectivity index (χ2n) is 22.4. The molecule has 0 spiro atoms. The number of carbonyl (C=O) groups is 1. The van der Waals surface area contributed by atoms with Gasteiger partial charge >= 0.3 is 7.82 Å². The van der Waals surface area contributed by atoms with Crippen molar-refractivity contribution in [2.75, 3.05) is 40.9 Å². The Kier molecular flexibility index (Phi) is 52.1. The van der Waals surface area contributed by atoms with Crippen LogP contribution in [-0.4, -0.2) is 73.4 Å². The van der Waals surface area contributed by atoms with Crippen LogP contribution in [0.25, 0.3) is 0 Å². The van der Waals surface area contributed by atoms with Crippen LogP contribution in [0.5, 0.6) is 0 Å². The van der Waals surface area contributed by atoms with Gasteiger partial charge in [-0.2, -0.15) is 0 Å². The van der Waals surface area contributed by atoms with Gasteiger partial charge in [-0.15, -0.1) is 0 Å². The third-order valence-corrected chi connectivity index (χ3v) is 15.2. The minimum absolute atomic E-state index is 0.0774. The van der Waals surface area contributed by atoms with E-state index in [9.17, 15) is 19.4 Å². The Morgan fingerprint density at radius 2 is 0.814 bits per heavy atom. The molecule has 9 heteroatoms. The molecule has 3 unspecified atom stereocenters. The molecule has 1 amide bonds. The number of nitrogens with one attached hydrogen (secondary N) is 1. The Labute approximate surface area is 436 Å². The number of phosphoric ester groups is 1. The molecule has 0 fully saturated rings. The molecular weight excluding hydrogens is 888 g/mol. The summed E-state index contributed by atoms with van der Waals surface area (Å²) in [7, 11) is 1.63. The highest BCUT2D eigenvalue weighted by Crippen LogP contribution is 2.43. The maximum absolute atomic E-state index is 13.0. The third-order valence-electron chi connectivity index (χ3n) is 14.2. The fourth-order valence-corrected chi connectivity index (χ4v) is 10.1. The van der Waals surface area contributed by atoms with E-state index in [1.807, 2.05) is 21.1 Å². The summed E-state index contributed by atoms with van der Waals surface area (Å²) in [5.74, 6) is -0.139. The van der Waals surface area contributed by atoms with Crippen molar-refractivity contribution in [2.24, 2.45) is 0 Å². The van der Waals surface area contributed by atoms with Crippen molar-refractivity contribution in [3.8, 4) is 0 Å². The summed E-state index contributed by atoms with van der Waals surface area (Å²) in [6, 6.07) is -0.756. The summed E-state index contributed by atoms with van der Waals surface area (Å²) in [5.41, 5.74) is 0. The number of nitrogens with zero attached hydrogens (tertiary/aromatic N) is 1. The molecule has 0 saturated carbocycles. The van der Waals surface area contributed by atoms with E-state index in [1.54, 1.807) is 0 Å². The van der Waals surface area contributed by atoms with Gasteiger partial charge in [-0.05, 0) is 44.9 Å². The molecule has 3 N–H and O–H groups in total. The van der Waals surface area contributed by atoms with Crippen molar-refractivity contribution in [3.63, 3.8) is 0 Å². The van der Waals surface area contributed by atoms with Gasteiger partial charge in [-0.1, -0.05) is 282 Å². The summed E-state index contributed by atoms with van der Waals surface area (Å²) in [6.45, 7) is 4.91. The maximum atomic E-state index is 13.0. The number of aliphatic hydroxyl groups excluding tert-OH is 1. The minimum Gasteiger partial charge on any atom is -0.391 e. The van der Waals surface area contributed by atoms with E-state index in [1.165, 1.54) is 238 Å². The van der Waals surface area contributed by atoms with Crippen LogP contribution in [0.1, 0.15) is 309 Å². The van der Waals surface area contributed by atoms with Gasteiger partial charge in [0.1, 0.15) is 13.2 Å². The van der Waals surface area contributed by atoms with E-state index in [-0.39, 0.29) is 19.1 Å². The monoisotopic (exact) mass is 1010 g/mol. The topological polar surface area (TPSA) is 105 Å². The second-order valence-corrected chi connectivity index (χ2v) is 23.9. The molecule has 0 saturated heterocycles. The molecule has 0 radical (unpaired) electrons. The van der Waals surface area contributed by atoms with E-state index >= 15 is 0 Å². The average molecular weight is 1010 g/mol. The van der Waals surface area contributed by atoms with Crippen LogP contribution in [-0.2, 0) is 18.4 Å². The average Bonchev–Trinajstić information content (AvgIpc) is 3.32. The van der Waals surface area contributed by atoms with Gasteiger partial charge in [0.25, 0.3) is 0 Å².